The molecule has 0 aliphatic rings. The summed E-state index contributed by atoms with van der Waals surface area (Å²) in [5.41, 5.74) is 2.96. The van der Waals surface area contributed by atoms with E-state index in [4.69, 9.17) is 1.41 Å². The summed E-state index contributed by atoms with van der Waals surface area (Å²) >= 11 is 0. The maximum atomic E-state index is 8.07. The van der Waals surface area contributed by atoms with E-state index in [1.165, 1.54) is 4.98 Å². The summed E-state index contributed by atoms with van der Waals surface area (Å²) in [6.07, 6.45) is 0. The first-order chi connectivity index (χ1) is 7.86. The summed E-state index contributed by atoms with van der Waals surface area (Å²) in [7, 11) is 0. The predicted octanol–water partition coefficient (Wildman–Crippen LogP) is 3.83. The Morgan fingerprint density at radius 3 is 2.40 bits per heavy atom. The van der Waals surface area contributed by atoms with E-state index < -0.39 is 0 Å². The maximum Gasteiger partial charge on any atom is 0.167 e. The minimum atomic E-state index is 0.932. The molecular weight excluding hydrogens is 182 g/mol. The van der Waals surface area contributed by atoms with E-state index in [2.05, 4.69) is 6.07 Å². The highest BCUT2D eigenvalue weighted by Gasteiger charge is 2.00. The molecule has 1 heterocycles. The number of hydrogen-bond donors (Lipinski definition) is 1. The Morgan fingerprint density at radius 1 is 0.867 bits per heavy atom. The van der Waals surface area contributed by atoms with Crippen LogP contribution in [0.2, 0.25) is 1.41 Å². The van der Waals surface area contributed by atoms with Crippen LogP contribution in [-0.2, 0) is 0 Å². The molecule has 1 heteroatoms. The lowest BCUT2D eigenvalue weighted by molar-refractivity contribution is 1.45. The third kappa shape index (κ3) is 1.42. The number of rotatable bonds is 1. The number of aromatic nitrogens is 1. The first kappa shape index (κ1) is 7.30. The number of hydrogen-bond acceptors (Lipinski definition) is 0. The highest BCUT2D eigenvalue weighted by molar-refractivity contribution is 5.85. The lowest BCUT2D eigenvalue weighted by Gasteiger charge is -1.94. The molecule has 0 saturated heterocycles. The van der Waals surface area contributed by atoms with Crippen molar-refractivity contribution >= 4 is 10.9 Å². The molecule has 0 aliphatic carbocycles. The molecule has 3 aromatic rings. The van der Waals surface area contributed by atoms with Crippen molar-refractivity contribution in [2.45, 2.75) is 0 Å². The van der Waals surface area contributed by atoms with Crippen molar-refractivity contribution in [3.63, 3.8) is 0 Å². The number of aromatic amines is 1. The van der Waals surface area contributed by atoms with Gasteiger partial charge in [0.05, 0.1) is 0 Å². The Labute approximate surface area is 89.8 Å². The van der Waals surface area contributed by atoms with Gasteiger partial charge in [-0.05, 0) is 17.7 Å². The van der Waals surface area contributed by atoms with Crippen molar-refractivity contribution < 1.29 is 1.41 Å². The van der Waals surface area contributed by atoms with Crippen molar-refractivity contribution in [2.24, 2.45) is 0 Å². The summed E-state index contributed by atoms with van der Waals surface area (Å²) < 4.78 is 8.07. The molecule has 3 rings (SSSR count). The molecule has 15 heavy (non-hydrogen) atoms. The van der Waals surface area contributed by atoms with E-state index in [1.54, 1.807) is 0 Å². The van der Waals surface area contributed by atoms with E-state index in [-0.39, 0.29) is 0 Å². The molecule has 0 spiro atoms. The van der Waals surface area contributed by atoms with Gasteiger partial charge in [0.1, 0.15) is 0 Å². The van der Waals surface area contributed by atoms with Crippen LogP contribution in [0.5, 0.6) is 0 Å². The average Bonchev–Trinajstić information content (AvgIpc) is 2.69. The van der Waals surface area contributed by atoms with Gasteiger partial charge >= 0.3 is 0 Å². The maximum absolute atomic E-state index is 8.07. The second kappa shape index (κ2) is 3.28. The fraction of sp³-hybridized carbons (Fsp3) is 0. The summed E-state index contributed by atoms with van der Waals surface area (Å²) in [6, 6.07) is 20.0. The van der Waals surface area contributed by atoms with Gasteiger partial charge in [0.15, 0.2) is 1.41 Å². The van der Waals surface area contributed by atoms with Gasteiger partial charge < -0.3 is 4.98 Å². The quantitative estimate of drug-likeness (QED) is 0.606. The molecule has 2 aromatic carbocycles. The van der Waals surface area contributed by atoms with Gasteiger partial charge in [0.25, 0.3) is 0 Å². The van der Waals surface area contributed by atoms with Crippen LogP contribution in [-0.4, -0.2) is 4.98 Å². The molecule has 0 amide bonds. The molecule has 0 fully saturated rings. The molecule has 1 N–H and O–H groups in total. The fourth-order valence-electron chi connectivity index (χ4n) is 1.78. The minimum Gasteiger partial charge on any atom is -0.355 e. The summed E-state index contributed by atoms with van der Waals surface area (Å²) in [6.45, 7) is 0. The number of nitrogens with one attached hydrogen (secondary N) is 1. The van der Waals surface area contributed by atoms with Gasteiger partial charge in [-0.1, -0.05) is 48.5 Å². The topological polar surface area (TPSA) is 15.8 Å². The highest BCUT2D eigenvalue weighted by atomic mass is 14.7. The van der Waals surface area contributed by atoms with Crippen molar-refractivity contribution in [1.82, 2.24) is 4.98 Å². The number of para-hydroxylation sites is 1. The largest absolute Gasteiger partial charge is 0.355 e. The second-order valence-electron chi connectivity index (χ2n) is 3.57. The molecule has 72 valence electrons. The van der Waals surface area contributed by atoms with E-state index in [0.29, 0.717) is 0 Å². The molecule has 0 bridgehead atoms. The van der Waals surface area contributed by atoms with E-state index >= 15 is 0 Å². The van der Waals surface area contributed by atoms with Crippen LogP contribution >= 0.6 is 0 Å². The average molecular weight is 194 g/mol. The number of benzene rings is 2. The van der Waals surface area contributed by atoms with Crippen molar-refractivity contribution in [3.8, 4) is 11.3 Å². The second-order valence-corrected chi connectivity index (χ2v) is 3.57. The smallest absolute Gasteiger partial charge is 0.167 e. The molecule has 0 unspecified atom stereocenters. The first-order valence-electron chi connectivity index (χ1n) is 5.46. The summed E-state index contributed by atoms with van der Waals surface area (Å²) in [5.74, 6) is 0. The van der Waals surface area contributed by atoms with Crippen LogP contribution in [0.3, 0.4) is 0 Å². The number of fused-ring (bicyclic) bond motifs is 1. The molecule has 0 radical (unpaired) electrons. The Bertz CT molecular complexity index is 626. The zero-order valence-corrected chi connectivity index (χ0v) is 8.22. The van der Waals surface area contributed by atoms with Crippen LogP contribution < -0.4 is 0 Å². The zero-order valence-electron chi connectivity index (χ0n) is 9.22. The van der Waals surface area contributed by atoms with E-state index in [1.807, 2.05) is 54.6 Å². The van der Waals surface area contributed by atoms with E-state index in [9.17, 15) is 0 Å². The van der Waals surface area contributed by atoms with Crippen LogP contribution in [0.25, 0.3) is 22.2 Å². The highest BCUT2D eigenvalue weighted by Crippen LogP contribution is 2.23. The standard InChI is InChI=1S/C14H11N/c1-2-6-11(7-3-1)14-10-12-8-4-5-9-13(12)15-14/h1-10,15H/i/hD. The Hall–Kier alpha value is -2.02. The van der Waals surface area contributed by atoms with Gasteiger partial charge in [-0.25, -0.2) is 0 Å². The van der Waals surface area contributed by atoms with Gasteiger partial charge in [-0.15, -0.1) is 0 Å². The van der Waals surface area contributed by atoms with Crippen molar-refractivity contribution in [1.29, 1.82) is 0 Å². The zero-order chi connectivity index (χ0) is 11.0. The Kier molecular flexibility index (Phi) is 1.60. The first-order valence-corrected chi connectivity index (χ1v) is 5.01. The van der Waals surface area contributed by atoms with Crippen molar-refractivity contribution in [2.75, 3.05) is 0 Å². The summed E-state index contributed by atoms with van der Waals surface area (Å²) in [4.78, 5) is 1.49. The number of H-pyrrole nitrogens is 1. The minimum absolute atomic E-state index is 0.932. The van der Waals surface area contributed by atoms with Gasteiger partial charge in [0.2, 0.25) is 0 Å². The monoisotopic (exact) mass is 194 g/mol. The molecule has 0 aliphatic heterocycles. The molecule has 1 nitrogen and oxygen atoms in total. The van der Waals surface area contributed by atoms with Crippen LogP contribution in [0.4, 0.5) is 0 Å². The SMILES string of the molecule is [2H]n1c(-c2ccccc2)cc2ccccc21. The molecule has 0 atom stereocenters. The van der Waals surface area contributed by atoms with Crippen molar-refractivity contribution in [3.05, 3.63) is 60.7 Å². The predicted molar refractivity (Wildman–Crippen MR) is 63.7 cm³/mol. The lowest BCUT2D eigenvalue weighted by atomic mass is 10.1. The van der Waals surface area contributed by atoms with Crippen LogP contribution in [0.15, 0.2) is 60.7 Å². The Morgan fingerprint density at radius 2 is 1.60 bits per heavy atom. The third-order valence-corrected chi connectivity index (χ3v) is 2.54. The Balaban J connectivity index is 2.29. The van der Waals surface area contributed by atoms with Gasteiger partial charge in [-0.2, -0.15) is 0 Å². The summed E-state index contributed by atoms with van der Waals surface area (Å²) in [5, 5.41) is 1.11. The molecular formula is C14H11N. The van der Waals surface area contributed by atoms with E-state index in [0.717, 1.165) is 22.2 Å². The van der Waals surface area contributed by atoms with Crippen LogP contribution in [0, 0.1) is 0 Å². The fourth-order valence-corrected chi connectivity index (χ4v) is 1.78. The van der Waals surface area contributed by atoms with Crippen LogP contribution in [0.1, 0.15) is 0 Å². The molecule has 0 saturated carbocycles. The lowest BCUT2D eigenvalue weighted by Crippen LogP contribution is -1.74. The third-order valence-electron chi connectivity index (χ3n) is 2.54. The molecule has 1 aromatic heterocycles. The normalized spacial score (nSPS) is 11.6. The van der Waals surface area contributed by atoms with Gasteiger partial charge in [-0.3, -0.25) is 0 Å². The van der Waals surface area contributed by atoms with Gasteiger partial charge in [0, 0.05) is 16.6 Å².